The number of hydrogen-bond acceptors (Lipinski definition) is 2. The normalized spacial score (nSPS) is 9.83. The van der Waals surface area contributed by atoms with E-state index >= 15 is 0 Å². The fraction of sp³-hybridized carbons (Fsp3) is 0.700. The molecule has 0 radical (unpaired) electrons. The third-order valence-electron chi connectivity index (χ3n) is 1.78. The van der Waals surface area contributed by atoms with Gasteiger partial charge in [-0.3, -0.25) is 4.90 Å². The lowest BCUT2D eigenvalue weighted by Gasteiger charge is -2.24. The molecule has 0 unspecified atom stereocenters. The predicted molar refractivity (Wildman–Crippen MR) is 50.4 cm³/mol. The zero-order valence-electron chi connectivity index (χ0n) is 7.88. The van der Waals surface area contributed by atoms with Crippen molar-refractivity contribution in [3.05, 3.63) is 0 Å². The van der Waals surface area contributed by atoms with Crippen LogP contribution in [0.4, 0.5) is 0 Å². The van der Waals surface area contributed by atoms with Crippen LogP contribution in [0.2, 0.25) is 0 Å². The number of hydrogen-bond donors (Lipinski definition) is 0. The Morgan fingerprint density at radius 3 is 2.33 bits per heavy atom. The molecule has 0 amide bonds. The molecule has 0 N–H and O–H groups in total. The largest absolute Gasteiger partial charge is 0.299 e. The van der Waals surface area contributed by atoms with Gasteiger partial charge >= 0.3 is 0 Å². The van der Waals surface area contributed by atoms with Crippen LogP contribution in [0.5, 0.6) is 0 Å². The first-order valence-corrected chi connectivity index (χ1v) is 4.26. The first-order valence-electron chi connectivity index (χ1n) is 4.26. The Balaban J connectivity index is 3.73. The third-order valence-corrected chi connectivity index (χ3v) is 1.78. The van der Waals surface area contributed by atoms with E-state index in [0.717, 1.165) is 19.5 Å². The van der Waals surface area contributed by atoms with E-state index in [1.807, 2.05) is 0 Å². The quantitative estimate of drug-likeness (QED) is 0.577. The fourth-order valence-electron chi connectivity index (χ4n) is 1.03. The number of rotatable bonds is 5. The molecule has 0 heterocycles. The summed E-state index contributed by atoms with van der Waals surface area (Å²) in [5, 5.41) is 8.41. The van der Waals surface area contributed by atoms with Crippen molar-refractivity contribution < 1.29 is 0 Å². The van der Waals surface area contributed by atoms with Crippen LogP contribution in [0.15, 0.2) is 0 Å². The second-order valence-electron chi connectivity index (χ2n) is 2.99. The molecule has 0 atom stereocenters. The van der Waals surface area contributed by atoms with Crippen LogP contribution in [-0.2, 0) is 0 Å². The standard InChI is InChI=1S/C10H16N2/c1-4-5-8-12(10(2)3)9-6-7-11/h1,10H,5-6,8-9H2,2-3H3. The van der Waals surface area contributed by atoms with E-state index in [1.165, 1.54) is 0 Å². The van der Waals surface area contributed by atoms with Crippen LogP contribution >= 0.6 is 0 Å². The number of nitrogens with zero attached hydrogens (tertiary/aromatic N) is 2. The monoisotopic (exact) mass is 164 g/mol. The van der Waals surface area contributed by atoms with Crippen molar-refractivity contribution in [3.8, 4) is 18.4 Å². The van der Waals surface area contributed by atoms with Crippen molar-refractivity contribution in [1.29, 1.82) is 5.26 Å². The van der Waals surface area contributed by atoms with E-state index in [1.54, 1.807) is 0 Å². The lowest BCUT2D eigenvalue weighted by Crippen LogP contribution is -2.32. The van der Waals surface area contributed by atoms with Gasteiger partial charge in [0.1, 0.15) is 0 Å². The molecule has 0 saturated heterocycles. The van der Waals surface area contributed by atoms with Gasteiger partial charge in [-0.1, -0.05) is 0 Å². The molecule has 0 fully saturated rings. The van der Waals surface area contributed by atoms with Crippen LogP contribution in [0.3, 0.4) is 0 Å². The van der Waals surface area contributed by atoms with Crippen LogP contribution in [0.1, 0.15) is 26.7 Å². The molecule has 2 nitrogen and oxygen atoms in total. The molecule has 0 aromatic heterocycles. The molecule has 12 heavy (non-hydrogen) atoms. The van der Waals surface area contributed by atoms with Gasteiger partial charge in [-0.25, -0.2) is 0 Å². The second-order valence-corrected chi connectivity index (χ2v) is 2.99. The minimum absolute atomic E-state index is 0.478. The zero-order chi connectivity index (χ0) is 9.40. The average molecular weight is 164 g/mol. The van der Waals surface area contributed by atoms with Gasteiger partial charge in [0.2, 0.25) is 0 Å². The van der Waals surface area contributed by atoms with E-state index < -0.39 is 0 Å². The highest BCUT2D eigenvalue weighted by Gasteiger charge is 2.06. The summed E-state index contributed by atoms with van der Waals surface area (Å²) in [6, 6.07) is 2.61. The van der Waals surface area contributed by atoms with Crippen molar-refractivity contribution in [2.24, 2.45) is 0 Å². The first kappa shape index (κ1) is 11.0. The van der Waals surface area contributed by atoms with Crippen molar-refractivity contribution in [2.75, 3.05) is 13.1 Å². The fourth-order valence-corrected chi connectivity index (χ4v) is 1.03. The summed E-state index contributed by atoms with van der Waals surface area (Å²) in [5.41, 5.74) is 0. The highest BCUT2D eigenvalue weighted by atomic mass is 15.1. The van der Waals surface area contributed by atoms with Gasteiger partial charge in [-0.05, 0) is 13.8 Å². The Morgan fingerprint density at radius 2 is 1.92 bits per heavy atom. The Bertz CT molecular complexity index is 165. The highest BCUT2D eigenvalue weighted by molar-refractivity contribution is 4.85. The molecule has 0 aliphatic heterocycles. The van der Waals surface area contributed by atoms with Crippen molar-refractivity contribution >= 4 is 0 Å². The zero-order valence-corrected chi connectivity index (χ0v) is 7.88. The molecule has 0 saturated carbocycles. The molecule has 0 bridgehead atoms. The molecule has 0 aromatic rings. The second kappa shape index (κ2) is 6.70. The van der Waals surface area contributed by atoms with Crippen LogP contribution in [-0.4, -0.2) is 24.0 Å². The molecule has 0 rings (SSSR count). The molecular formula is C10H16N2. The summed E-state index contributed by atoms with van der Waals surface area (Å²) in [5.74, 6) is 2.60. The first-order chi connectivity index (χ1) is 5.72. The molecule has 0 aliphatic rings. The maximum atomic E-state index is 8.41. The minimum atomic E-state index is 0.478. The predicted octanol–water partition coefficient (Wildman–Crippen LogP) is 1.63. The van der Waals surface area contributed by atoms with E-state index in [9.17, 15) is 0 Å². The van der Waals surface area contributed by atoms with Gasteiger partial charge in [0.25, 0.3) is 0 Å². The molecule has 0 spiro atoms. The van der Waals surface area contributed by atoms with E-state index in [0.29, 0.717) is 12.5 Å². The summed E-state index contributed by atoms with van der Waals surface area (Å²) in [6.07, 6.45) is 6.52. The molecule has 66 valence electrons. The SMILES string of the molecule is C#CCCN(CCC#N)C(C)C. The third kappa shape index (κ3) is 4.77. The van der Waals surface area contributed by atoms with E-state index in [4.69, 9.17) is 11.7 Å². The van der Waals surface area contributed by atoms with Crippen LogP contribution < -0.4 is 0 Å². The maximum absolute atomic E-state index is 8.41. The van der Waals surface area contributed by atoms with Gasteiger partial charge in [0.15, 0.2) is 0 Å². The molecular weight excluding hydrogens is 148 g/mol. The number of nitriles is 1. The van der Waals surface area contributed by atoms with Gasteiger partial charge in [0.05, 0.1) is 6.07 Å². The van der Waals surface area contributed by atoms with Crippen molar-refractivity contribution in [1.82, 2.24) is 4.90 Å². The van der Waals surface area contributed by atoms with Gasteiger partial charge < -0.3 is 0 Å². The lowest BCUT2D eigenvalue weighted by molar-refractivity contribution is 0.232. The molecule has 0 aromatic carbocycles. The van der Waals surface area contributed by atoms with E-state index in [-0.39, 0.29) is 0 Å². The smallest absolute Gasteiger partial charge is 0.0635 e. The highest BCUT2D eigenvalue weighted by Crippen LogP contribution is 2.00. The minimum Gasteiger partial charge on any atom is -0.299 e. The summed E-state index contributed by atoms with van der Waals surface area (Å²) in [4.78, 5) is 2.23. The Morgan fingerprint density at radius 1 is 1.33 bits per heavy atom. The topological polar surface area (TPSA) is 27.0 Å². The summed E-state index contributed by atoms with van der Waals surface area (Å²) in [7, 11) is 0. The molecule has 2 heteroatoms. The molecule has 0 aliphatic carbocycles. The van der Waals surface area contributed by atoms with E-state index in [2.05, 4.69) is 30.7 Å². The maximum Gasteiger partial charge on any atom is 0.0635 e. The van der Waals surface area contributed by atoms with Gasteiger partial charge in [-0.15, -0.1) is 12.3 Å². The average Bonchev–Trinajstić information content (AvgIpc) is 2.04. The Kier molecular flexibility index (Phi) is 6.15. The van der Waals surface area contributed by atoms with Gasteiger partial charge in [-0.2, -0.15) is 5.26 Å². The Labute approximate surface area is 75.2 Å². The van der Waals surface area contributed by atoms with Crippen LogP contribution in [0, 0.1) is 23.7 Å². The van der Waals surface area contributed by atoms with Crippen molar-refractivity contribution in [2.45, 2.75) is 32.7 Å². The summed E-state index contributed by atoms with van der Waals surface area (Å²) < 4.78 is 0. The van der Waals surface area contributed by atoms with Gasteiger partial charge in [0, 0.05) is 32.0 Å². The summed E-state index contributed by atoms with van der Waals surface area (Å²) in [6.45, 7) is 5.97. The van der Waals surface area contributed by atoms with Crippen molar-refractivity contribution in [3.63, 3.8) is 0 Å². The summed E-state index contributed by atoms with van der Waals surface area (Å²) >= 11 is 0. The lowest BCUT2D eigenvalue weighted by atomic mass is 10.2. The van der Waals surface area contributed by atoms with Crippen LogP contribution in [0.25, 0.3) is 0 Å². The number of terminal acetylenes is 1. The Hall–Kier alpha value is -0.990.